The molecule has 0 saturated carbocycles. The molecule has 0 bridgehead atoms. The van der Waals surface area contributed by atoms with Crippen molar-refractivity contribution >= 4 is 11.9 Å². The van der Waals surface area contributed by atoms with Gasteiger partial charge in [-0.1, -0.05) is 32.9 Å². The minimum absolute atomic E-state index is 0.0309. The van der Waals surface area contributed by atoms with E-state index >= 15 is 0 Å². The molecule has 1 amide bonds. The summed E-state index contributed by atoms with van der Waals surface area (Å²) in [6.45, 7) is 6.55. The van der Waals surface area contributed by atoms with E-state index in [9.17, 15) is 9.59 Å². The van der Waals surface area contributed by atoms with E-state index in [1.807, 2.05) is 12.1 Å². The quantitative estimate of drug-likeness (QED) is 0.511. The Morgan fingerprint density at radius 1 is 1.03 bits per heavy atom. The number of benzene rings is 2. The number of hydrogen-bond acceptors (Lipinski definition) is 6. The second-order valence-electron chi connectivity index (χ2n) is 7.56. The molecule has 0 unspecified atom stereocenters. The van der Waals surface area contributed by atoms with E-state index < -0.39 is 5.97 Å². The molecule has 29 heavy (non-hydrogen) atoms. The van der Waals surface area contributed by atoms with Crippen molar-refractivity contribution in [3.8, 4) is 11.4 Å². The Bertz CT molecular complexity index is 959. The molecule has 2 aromatic carbocycles. The van der Waals surface area contributed by atoms with Gasteiger partial charge in [0.05, 0.1) is 12.1 Å². The van der Waals surface area contributed by atoms with Gasteiger partial charge in [0.1, 0.15) is 12.1 Å². The molecule has 0 aliphatic rings. The lowest BCUT2D eigenvalue weighted by molar-refractivity contribution is -0.134. The summed E-state index contributed by atoms with van der Waals surface area (Å²) in [5, 5.41) is 13.7. The molecule has 1 heterocycles. The summed E-state index contributed by atoms with van der Waals surface area (Å²) in [7, 11) is 0. The molecule has 1 N–H and O–H groups in total. The van der Waals surface area contributed by atoms with Crippen LogP contribution >= 0.6 is 0 Å². The van der Waals surface area contributed by atoms with Gasteiger partial charge >= 0.3 is 5.97 Å². The first-order chi connectivity index (χ1) is 13.8. The van der Waals surface area contributed by atoms with Gasteiger partial charge in [-0.25, -0.2) is 4.68 Å². The van der Waals surface area contributed by atoms with Crippen LogP contribution < -0.4 is 10.1 Å². The van der Waals surface area contributed by atoms with E-state index in [0.29, 0.717) is 11.3 Å². The van der Waals surface area contributed by atoms with Gasteiger partial charge in [0.15, 0.2) is 0 Å². The lowest BCUT2D eigenvalue weighted by Gasteiger charge is -2.19. The Kier molecular flexibility index (Phi) is 6.01. The SMILES string of the molecule is CC(C)(C)c1ccc(C(=O)NCCC(=O)Oc2ccc(-n3cnnn3)cc2)cc1. The number of carbonyl (C=O) groups excluding carboxylic acids is 2. The van der Waals surface area contributed by atoms with Crippen LogP contribution in [-0.2, 0) is 10.2 Å². The molecule has 0 spiro atoms. The average molecular weight is 393 g/mol. The molecular weight excluding hydrogens is 370 g/mol. The van der Waals surface area contributed by atoms with Crippen molar-refractivity contribution in [2.75, 3.05) is 6.54 Å². The number of tetrazole rings is 1. The minimum Gasteiger partial charge on any atom is -0.426 e. The minimum atomic E-state index is -0.427. The van der Waals surface area contributed by atoms with Crippen molar-refractivity contribution in [2.24, 2.45) is 0 Å². The molecule has 3 rings (SSSR count). The van der Waals surface area contributed by atoms with Gasteiger partial charge in [-0.15, -0.1) is 5.10 Å². The predicted octanol–water partition coefficient (Wildman–Crippen LogP) is 2.69. The smallest absolute Gasteiger partial charge is 0.312 e. The van der Waals surface area contributed by atoms with E-state index in [-0.39, 0.29) is 24.3 Å². The fourth-order valence-electron chi connectivity index (χ4n) is 2.63. The number of hydrogen-bond donors (Lipinski definition) is 1. The zero-order valence-electron chi connectivity index (χ0n) is 16.6. The van der Waals surface area contributed by atoms with Gasteiger partial charge < -0.3 is 10.1 Å². The molecule has 0 radical (unpaired) electrons. The standard InChI is InChI=1S/C21H23N5O3/c1-21(2,3)16-6-4-15(5-7-16)20(28)22-13-12-19(27)29-18-10-8-17(9-11-18)26-14-23-24-25-26/h4-11,14H,12-13H2,1-3H3,(H,22,28). The molecule has 3 aromatic rings. The topological polar surface area (TPSA) is 99.0 Å². The zero-order valence-corrected chi connectivity index (χ0v) is 16.6. The Labute approximate surface area is 168 Å². The number of nitrogens with zero attached hydrogens (tertiary/aromatic N) is 4. The molecule has 1 aromatic heterocycles. The fraction of sp³-hybridized carbons (Fsp3) is 0.286. The van der Waals surface area contributed by atoms with Crippen LogP contribution in [0.1, 0.15) is 43.1 Å². The number of amides is 1. The molecule has 0 aliphatic carbocycles. The number of aromatic nitrogens is 4. The maximum atomic E-state index is 12.2. The normalized spacial score (nSPS) is 11.1. The van der Waals surface area contributed by atoms with Crippen LogP contribution in [0.4, 0.5) is 0 Å². The molecule has 0 saturated heterocycles. The lowest BCUT2D eigenvalue weighted by atomic mass is 9.87. The third kappa shape index (κ3) is 5.47. The van der Waals surface area contributed by atoms with Gasteiger partial charge in [-0.3, -0.25) is 9.59 Å². The van der Waals surface area contributed by atoms with Crippen LogP contribution in [0.5, 0.6) is 5.75 Å². The Morgan fingerprint density at radius 2 is 1.72 bits per heavy atom. The lowest BCUT2D eigenvalue weighted by Crippen LogP contribution is -2.27. The maximum absolute atomic E-state index is 12.2. The summed E-state index contributed by atoms with van der Waals surface area (Å²) in [4.78, 5) is 24.2. The maximum Gasteiger partial charge on any atom is 0.312 e. The summed E-state index contributed by atoms with van der Waals surface area (Å²) >= 11 is 0. The van der Waals surface area contributed by atoms with Crippen LogP contribution in [0, 0.1) is 0 Å². The zero-order chi connectivity index (χ0) is 20.9. The summed E-state index contributed by atoms with van der Waals surface area (Å²) in [5.74, 6) is -0.233. The van der Waals surface area contributed by atoms with Crippen LogP contribution in [0.2, 0.25) is 0 Å². The van der Waals surface area contributed by atoms with Gasteiger partial charge in [0.2, 0.25) is 0 Å². The van der Waals surface area contributed by atoms with E-state index in [1.54, 1.807) is 36.4 Å². The van der Waals surface area contributed by atoms with E-state index in [0.717, 1.165) is 11.3 Å². The van der Waals surface area contributed by atoms with Crippen molar-refractivity contribution in [3.05, 3.63) is 66.0 Å². The first-order valence-corrected chi connectivity index (χ1v) is 9.26. The molecule has 0 fully saturated rings. The molecule has 150 valence electrons. The summed E-state index contributed by atoms with van der Waals surface area (Å²) < 4.78 is 6.77. The van der Waals surface area contributed by atoms with Crippen molar-refractivity contribution in [1.29, 1.82) is 0 Å². The highest BCUT2D eigenvalue weighted by Crippen LogP contribution is 2.22. The highest BCUT2D eigenvalue weighted by Gasteiger charge is 2.14. The van der Waals surface area contributed by atoms with Gasteiger partial charge in [-0.05, 0) is 57.8 Å². The Hall–Kier alpha value is -3.55. The van der Waals surface area contributed by atoms with Gasteiger partial charge in [0, 0.05) is 12.1 Å². The van der Waals surface area contributed by atoms with Crippen LogP contribution in [0.15, 0.2) is 54.9 Å². The summed E-state index contributed by atoms with van der Waals surface area (Å²) in [5.41, 5.74) is 2.50. The second kappa shape index (κ2) is 8.64. The van der Waals surface area contributed by atoms with Crippen molar-refractivity contribution < 1.29 is 14.3 Å². The largest absolute Gasteiger partial charge is 0.426 e. The van der Waals surface area contributed by atoms with Gasteiger partial charge in [0.25, 0.3) is 5.91 Å². The monoisotopic (exact) mass is 393 g/mol. The van der Waals surface area contributed by atoms with Crippen molar-refractivity contribution in [3.63, 3.8) is 0 Å². The highest BCUT2D eigenvalue weighted by molar-refractivity contribution is 5.94. The highest BCUT2D eigenvalue weighted by atomic mass is 16.5. The van der Waals surface area contributed by atoms with E-state index in [2.05, 4.69) is 41.6 Å². The number of esters is 1. The predicted molar refractivity (Wildman–Crippen MR) is 107 cm³/mol. The molecular formula is C21H23N5O3. The molecule has 0 aliphatic heterocycles. The number of ether oxygens (including phenoxy) is 1. The third-order valence-corrected chi connectivity index (χ3v) is 4.31. The van der Waals surface area contributed by atoms with Crippen molar-refractivity contribution in [2.45, 2.75) is 32.6 Å². The number of rotatable bonds is 6. The average Bonchev–Trinajstić information content (AvgIpc) is 3.23. The molecule has 8 nitrogen and oxygen atoms in total. The summed E-state index contributed by atoms with van der Waals surface area (Å²) in [6.07, 6.45) is 1.54. The van der Waals surface area contributed by atoms with Gasteiger partial charge in [-0.2, -0.15) is 0 Å². The first kappa shape index (κ1) is 20.2. The first-order valence-electron chi connectivity index (χ1n) is 9.26. The number of carbonyl (C=O) groups is 2. The van der Waals surface area contributed by atoms with E-state index in [4.69, 9.17) is 4.74 Å². The fourth-order valence-corrected chi connectivity index (χ4v) is 2.63. The number of nitrogens with one attached hydrogen (secondary N) is 1. The Balaban J connectivity index is 1.45. The summed E-state index contributed by atoms with van der Waals surface area (Å²) in [6, 6.07) is 14.3. The van der Waals surface area contributed by atoms with Crippen molar-refractivity contribution in [1.82, 2.24) is 25.5 Å². The van der Waals surface area contributed by atoms with Crippen LogP contribution in [0.3, 0.4) is 0 Å². The third-order valence-electron chi connectivity index (χ3n) is 4.31. The molecule has 8 heteroatoms. The second-order valence-corrected chi connectivity index (χ2v) is 7.56. The van der Waals surface area contributed by atoms with E-state index in [1.165, 1.54) is 11.0 Å². The van der Waals surface area contributed by atoms with Crippen LogP contribution in [0.25, 0.3) is 5.69 Å². The van der Waals surface area contributed by atoms with Crippen LogP contribution in [-0.4, -0.2) is 38.6 Å². The Morgan fingerprint density at radius 3 is 2.31 bits per heavy atom. The molecule has 0 atom stereocenters.